The number of nitrogens with two attached hydrogens (primary N) is 1. The van der Waals surface area contributed by atoms with Crippen molar-refractivity contribution in [2.45, 2.75) is 18.2 Å². The zero-order valence-electron chi connectivity index (χ0n) is 11.9. The highest BCUT2D eigenvalue weighted by Crippen LogP contribution is 2.23. The van der Waals surface area contributed by atoms with Crippen LogP contribution in [0.25, 0.3) is 10.8 Å². The van der Waals surface area contributed by atoms with E-state index in [9.17, 15) is 13.2 Å². The molecule has 1 aromatic carbocycles. The number of nitrogens with zero attached hydrogens (tertiary/aromatic N) is 1. The molecule has 0 amide bonds. The molecule has 7 heteroatoms. The zero-order chi connectivity index (χ0) is 15.5. The molecule has 0 saturated heterocycles. The van der Waals surface area contributed by atoms with Gasteiger partial charge in [0.2, 0.25) is 10.0 Å². The Labute approximate surface area is 123 Å². The van der Waals surface area contributed by atoms with Gasteiger partial charge in [0.05, 0.1) is 4.90 Å². The minimum absolute atomic E-state index is 0.157. The SMILES string of the molecule is CCN(CCCN)S(=O)(=O)c1cccc2c(=O)[nH]ccc12. The second kappa shape index (κ2) is 6.38. The van der Waals surface area contributed by atoms with Crippen molar-refractivity contribution in [3.8, 4) is 0 Å². The number of benzene rings is 1. The largest absolute Gasteiger partial charge is 0.330 e. The highest BCUT2D eigenvalue weighted by atomic mass is 32.2. The summed E-state index contributed by atoms with van der Waals surface area (Å²) in [6.07, 6.45) is 2.05. The Morgan fingerprint density at radius 2 is 2.00 bits per heavy atom. The van der Waals surface area contributed by atoms with Crippen molar-refractivity contribution >= 4 is 20.8 Å². The maximum absolute atomic E-state index is 12.8. The van der Waals surface area contributed by atoms with E-state index in [-0.39, 0.29) is 10.5 Å². The Morgan fingerprint density at radius 3 is 2.67 bits per heavy atom. The summed E-state index contributed by atoms with van der Waals surface area (Å²) in [5, 5.41) is 0.806. The summed E-state index contributed by atoms with van der Waals surface area (Å²) < 4.78 is 26.9. The Hall–Kier alpha value is -1.70. The maximum Gasteiger partial charge on any atom is 0.255 e. The van der Waals surface area contributed by atoms with Crippen LogP contribution in [0.15, 0.2) is 40.2 Å². The Kier molecular flexibility index (Phi) is 4.76. The molecule has 6 nitrogen and oxygen atoms in total. The molecule has 2 aromatic rings. The highest BCUT2D eigenvalue weighted by molar-refractivity contribution is 7.89. The molecule has 0 atom stereocenters. The molecular weight excluding hydrogens is 290 g/mol. The standard InChI is InChI=1S/C14H19N3O3S/c1-2-17(10-4-8-15)21(19,20)13-6-3-5-12-11(13)7-9-16-14(12)18/h3,5-7,9H,2,4,8,10,15H2,1H3,(H,16,18). The number of pyridine rings is 1. The minimum atomic E-state index is -3.64. The van der Waals surface area contributed by atoms with Gasteiger partial charge < -0.3 is 10.7 Å². The number of sulfonamides is 1. The van der Waals surface area contributed by atoms with E-state index < -0.39 is 10.0 Å². The molecule has 0 radical (unpaired) electrons. The predicted molar refractivity (Wildman–Crippen MR) is 82.7 cm³/mol. The number of hydrogen-bond donors (Lipinski definition) is 2. The third-order valence-corrected chi connectivity index (χ3v) is 5.39. The van der Waals surface area contributed by atoms with E-state index in [0.29, 0.717) is 36.8 Å². The van der Waals surface area contributed by atoms with Crippen molar-refractivity contribution in [1.29, 1.82) is 0 Å². The summed E-state index contributed by atoms with van der Waals surface area (Å²) in [6, 6.07) is 6.34. The van der Waals surface area contributed by atoms with Crippen LogP contribution >= 0.6 is 0 Å². The molecule has 0 aliphatic rings. The fourth-order valence-corrected chi connectivity index (χ4v) is 3.97. The third-order valence-electron chi connectivity index (χ3n) is 3.36. The second-order valence-electron chi connectivity index (χ2n) is 4.66. The average molecular weight is 309 g/mol. The number of H-pyrrole nitrogens is 1. The number of rotatable bonds is 6. The number of aromatic nitrogens is 1. The molecule has 0 bridgehead atoms. The van der Waals surface area contributed by atoms with E-state index >= 15 is 0 Å². The van der Waals surface area contributed by atoms with Gasteiger partial charge >= 0.3 is 0 Å². The Morgan fingerprint density at radius 1 is 1.24 bits per heavy atom. The van der Waals surface area contributed by atoms with E-state index in [1.165, 1.54) is 16.6 Å². The van der Waals surface area contributed by atoms with Gasteiger partial charge in [-0.25, -0.2) is 8.42 Å². The monoisotopic (exact) mass is 309 g/mol. The third kappa shape index (κ3) is 2.99. The van der Waals surface area contributed by atoms with Crippen molar-refractivity contribution in [2.24, 2.45) is 5.73 Å². The molecule has 21 heavy (non-hydrogen) atoms. The molecular formula is C14H19N3O3S. The van der Waals surface area contributed by atoms with E-state index in [1.807, 2.05) is 0 Å². The van der Waals surface area contributed by atoms with E-state index in [4.69, 9.17) is 5.73 Å². The van der Waals surface area contributed by atoms with Gasteiger partial charge in [-0.1, -0.05) is 13.0 Å². The fourth-order valence-electron chi connectivity index (χ4n) is 2.27. The minimum Gasteiger partial charge on any atom is -0.330 e. The van der Waals surface area contributed by atoms with Crippen molar-refractivity contribution < 1.29 is 8.42 Å². The van der Waals surface area contributed by atoms with Crippen molar-refractivity contribution in [1.82, 2.24) is 9.29 Å². The van der Waals surface area contributed by atoms with Crippen LogP contribution in [0.3, 0.4) is 0 Å². The van der Waals surface area contributed by atoms with Crippen LogP contribution in [0.1, 0.15) is 13.3 Å². The molecule has 1 heterocycles. The number of hydrogen-bond acceptors (Lipinski definition) is 4. The summed E-state index contributed by atoms with van der Waals surface area (Å²) in [5.41, 5.74) is 5.16. The molecule has 0 fully saturated rings. The first-order chi connectivity index (χ1) is 10.0. The van der Waals surface area contributed by atoms with E-state index in [0.717, 1.165) is 0 Å². The molecule has 2 rings (SSSR count). The fraction of sp³-hybridized carbons (Fsp3) is 0.357. The summed E-state index contributed by atoms with van der Waals surface area (Å²) >= 11 is 0. The number of nitrogens with one attached hydrogen (secondary N) is 1. The maximum atomic E-state index is 12.8. The van der Waals surface area contributed by atoms with Crippen LogP contribution in [0.2, 0.25) is 0 Å². The molecule has 0 aliphatic heterocycles. The van der Waals surface area contributed by atoms with Gasteiger partial charge in [0.15, 0.2) is 0 Å². The van der Waals surface area contributed by atoms with Crippen LogP contribution in [0.4, 0.5) is 0 Å². The van der Waals surface area contributed by atoms with Crippen LogP contribution in [0, 0.1) is 0 Å². The van der Waals surface area contributed by atoms with Crippen LogP contribution in [0.5, 0.6) is 0 Å². The highest BCUT2D eigenvalue weighted by Gasteiger charge is 2.24. The van der Waals surface area contributed by atoms with Gasteiger partial charge in [0, 0.05) is 30.1 Å². The lowest BCUT2D eigenvalue weighted by molar-refractivity contribution is 0.423. The normalized spacial score (nSPS) is 12.1. The predicted octanol–water partition coefficient (Wildman–Crippen LogP) is 0.887. The molecule has 0 aliphatic carbocycles. The average Bonchev–Trinajstić information content (AvgIpc) is 2.47. The Bertz CT molecular complexity index is 783. The zero-order valence-corrected chi connectivity index (χ0v) is 12.7. The molecule has 0 unspecified atom stereocenters. The van der Waals surface area contributed by atoms with E-state index in [1.54, 1.807) is 25.1 Å². The van der Waals surface area contributed by atoms with Gasteiger partial charge in [-0.2, -0.15) is 4.31 Å². The topological polar surface area (TPSA) is 96.3 Å². The molecule has 3 N–H and O–H groups in total. The van der Waals surface area contributed by atoms with Crippen LogP contribution in [-0.4, -0.2) is 37.3 Å². The van der Waals surface area contributed by atoms with Gasteiger partial charge in [-0.3, -0.25) is 4.79 Å². The quantitative estimate of drug-likeness (QED) is 0.828. The smallest absolute Gasteiger partial charge is 0.255 e. The lowest BCUT2D eigenvalue weighted by Crippen LogP contribution is -2.33. The lowest BCUT2D eigenvalue weighted by atomic mass is 10.2. The van der Waals surface area contributed by atoms with E-state index in [2.05, 4.69) is 4.98 Å². The van der Waals surface area contributed by atoms with Crippen molar-refractivity contribution in [2.75, 3.05) is 19.6 Å². The summed E-state index contributed by atoms with van der Waals surface area (Å²) in [5.74, 6) is 0. The van der Waals surface area contributed by atoms with Crippen molar-refractivity contribution in [3.63, 3.8) is 0 Å². The first kappa shape index (κ1) is 15.7. The summed E-state index contributed by atoms with van der Waals surface area (Å²) in [4.78, 5) is 14.5. The van der Waals surface area contributed by atoms with Crippen LogP contribution < -0.4 is 11.3 Å². The van der Waals surface area contributed by atoms with Crippen LogP contribution in [-0.2, 0) is 10.0 Å². The first-order valence-electron chi connectivity index (χ1n) is 6.83. The first-order valence-corrected chi connectivity index (χ1v) is 8.27. The van der Waals surface area contributed by atoms with Crippen molar-refractivity contribution in [3.05, 3.63) is 40.8 Å². The second-order valence-corrected chi connectivity index (χ2v) is 6.57. The molecule has 114 valence electrons. The molecule has 0 spiro atoms. The summed E-state index contributed by atoms with van der Waals surface area (Å²) in [6.45, 7) is 2.95. The van der Waals surface area contributed by atoms with Gasteiger partial charge in [0.25, 0.3) is 5.56 Å². The number of fused-ring (bicyclic) bond motifs is 1. The molecule has 0 saturated carbocycles. The number of aromatic amines is 1. The lowest BCUT2D eigenvalue weighted by Gasteiger charge is -2.21. The Balaban J connectivity index is 2.59. The van der Waals surface area contributed by atoms with Gasteiger partial charge in [-0.15, -0.1) is 0 Å². The van der Waals surface area contributed by atoms with Gasteiger partial charge in [0.1, 0.15) is 0 Å². The van der Waals surface area contributed by atoms with Gasteiger partial charge in [-0.05, 0) is 31.2 Å². The molecule has 1 aromatic heterocycles. The summed E-state index contributed by atoms with van der Waals surface area (Å²) in [7, 11) is -3.64.